The first-order valence-electron chi connectivity index (χ1n) is 9.71. The number of amides is 1. The van der Waals surface area contributed by atoms with Crippen LogP contribution >= 0.6 is 0 Å². The molecule has 1 unspecified atom stereocenters. The third-order valence-corrected chi connectivity index (χ3v) is 5.22. The predicted octanol–water partition coefficient (Wildman–Crippen LogP) is 2.92. The minimum atomic E-state index is -1.02. The number of ketones is 1. The van der Waals surface area contributed by atoms with Crippen molar-refractivity contribution in [1.29, 1.82) is 0 Å². The van der Waals surface area contributed by atoms with Gasteiger partial charge in [-0.3, -0.25) is 9.59 Å². The molecule has 2 aromatic rings. The van der Waals surface area contributed by atoms with Crippen LogP contribution < -0.4 is 14.2 Å². The monoisotopic (exact) mass is 445 g/mol. The van der Waals surface area contributed by atoms with Gasteiger partial charge in [0, 0.05) is 19.2 Å². The second kappa shape index (κ2) is 9.69. The van der Waals surface area contributed by atoms with Crippen LogP contribution in [0.3, 0.4) is 0 Å². The molecule has 2 aromatic carbocycles. The van der Waals surface area contributed by atoms with E-state index in [0.29, 0.717) is 17.1 Å². The number of hydrogen-bond acceptors (Lipinski definition) is 7. The molecular weight excluding hydrogens is 421 g/mol. The van der Waals surface area contributed by atoms with Crippen molar-refractivity contribution in [2.75, 3.05) is 41.6 Å². The second-order valence-electron chi connectivity index (χ2n) is 6.91. The normalized spacial score (nSPS) is 17.5. The fraction of sp³-hybridized carbons (Fsp3) is 0.304. The molecular formula is C23H24FNO7. The Morgan fingerprint density at radius 3 is 2.38 bits per heavy atom. The lowest BCUT2D eigenvalue weighted by Crippen LogP contribution is -2.32. The Hall–Kier alpha value is -3.59. The molecule has 1 N–H and O–H groups in total. The number of aliphatic hydroxyl groups is 1. The maximum Gasteiger partial charge on any atom is 0.295 e. The van der Waals surface area contributed by atoms with Crippen molar-refractivity contribution in [3.8, 4) is 17.2 Å². The van der Waals surface area contributed by atoms with Gasteiger partial charge in [-0.2, -0.15) is 0 Å². The highest BCUT2D eigenvalue weighted by Gasteiger charge is 2.47. The first kappa shape index (κ1) is 23.1. The Morgan fingerprint density at radius 1 is 1.03 bits per heavy atom. The summed E-state index contributed by atoms with van der Waals surface area (Å²) in [5.74, 6) is -2.13. The van der Waals surface area contributed by atoms with Crippen molar-refractivity contribution in [3.05, 3.63) is 58.9 Å². The summed E-state index contributed by atoms with van der Waals surface area (Å²) < 4.78 is 35.2. The molecule has 0 radical (unpaired) electrons. The minimum absolute atomic E-state index is 0.0518. The van der Waals surface area contributed by atoms with Gasteiger partial charge in [0.2, 0.25) is 0 Å². The first-order chi connectivity index (χ1) is 15.4. The van der Waals surface area contributed by atoms with Gasteiger partial charge in [-0.15, -0.1) is 0 Å². The maximum absolute atomic E-state index is 14.0. The van der Waals surface area contributed by atoms with E-state index in [2.05, 4.69) is 0 Å². The molecule has 1 saturated heterocycles. The molecule has 0 aliphatic carbocycles. The van der Waals surface area contributed by atoms with E-state index in [1.807, 2.05) is 0 Å². The van der Waals surface area contributed by atoms with Crippen LogP contribution in [0, 0.1) is 5.82 Å². The van der Waals surface area contributed by atoms with Crippen molar-refractivity contribution < 1.29 is 38.0 Å². The highest BCUT2D eigenvalue weighted by molar-refractivity contribution is 6.46. The fourth-order valence-corrected chi connectivity index (χ4v) is 3.76. The number of Topliss-reactive ketones (excluding diaryl/α,β-unsaturated/α-hetero) is 1. The number of benzene rings is 2. The van der Waals surface area contributed by atoms with E-state index in [9.17, 15) is 19.1 Å². The maximum atomic E-state index is 14.0. The molecule has 1 fully saturated rings. The molecule has 8 nitrogen and oxygen atoms in total. The number of hydrogen-bond donors (Lipinski definition) is 1. The van der Waals surface area contributed by atoms with Gasteiger partial charge in [0.25, 0.3) is 11.7 Å². The van der Waals surface area contributed by atoms with Crippen LogP contribution in [0.15, 0.2) is 42.0 Å². The van der Waals surface area contributed by atoms with Crippen LogP contribution in [0.4, 0.5) is 4.39 Å². The zero-order chi connectivity index (χ0) is 23.4. The van der Waals surface area contributed by atoms with Gasteiger partial charge >= 0.3 is 0 Å². The second-order valence-corrected chi connectivity index (χ2v) is 6.91. The van der Waals surface area contributed by atoms with Crippen LogP contribution in [0.1, 0.15) is 17.2 Å². The molecule has 1 aliphatic rings. The van der Waals surface area contributed by atoms with Crippen molar-refractivity contribution in [2.24, 2.45) is 0 Å². The summed E-state index contributed by atoms with van der Waals surface area (Å²) in [6.45, 7) is 0.225. The van der Waals surface area contributed by atoms with Gasteiger partial charge in [-0.1, -0.05) is 12.1 Å². The number of ether oxygens (including phenoxy) is 4. The van der Waals surface area contributed by atoms with Gasteiger partial charge in [0.15, 0.2) is 11.5 Å². The van der Waals surface area contributed by atoms with Gasteiger partial charge in [0.1, 0.15) is 17.3 Å². The Bertz CT molecular complexity index is 1070. The van der Waals surface area contributed by atoms with Crippen LogP contribution in [0.25, 0.3) is 5.76 Å². The first-order valence-corrected chi connectivity index (χ1v) is 9.71. The topological polar surface area (TPSA) is 94.5 Å². The van der Waals surface area contributed by atoms with E-state index in [1.165, 1.54) is 39.4 Å². The molecule has 1 amide bonds. The van der Waals surface area contributed by atoms with Crippen LogP contribution in [-0.2, 0) is 14.3 Å². The summed E-state index contributed by atoms with van der Waals surface area (Å²) in [4.78, 5) is 27.3. The third kappa shape index (κ3) is 3.99. The van der Waals surface area contributed by atoms with E-state index >= 15 is 0 Å². The molecule has 0 bridgehead atoms. The predicted molar refractivity (Wildman–Crippen MR) is 113 cm³/mol. The van der Waals surface area contributed by atoms with Crippen molar-refractivity contribution in [2.45, 2.75) is 6.04 Å². The number of methoxy groups -OCH3 is 4. The molecule has 0 saturated carbocycles. The highest BCUT2D eigenvalue weighted by atomic mass is 19.1. The Kier molecular flexibility index (Phi) is 6.99. The highest BCUT2D eigenvalue weighted by Crippen LogP contribution is 2.46. The van der Waals surface area contributed by atoms with E-state index in [4.69, 9.17) is 18.9 Å². The Labute approximate surface area is 184 Å². The lowest BCUT2D eigenvalue weighted by molar-refractivity contribution is -0.140. The molecule has 32 heavy (non-hydrogen) atoms. The number of para-hydroxylation sites is 1. The van der Waals surface area contributed by atoms with Gasteiger partial charge in [0.05, 0.1) is 45.1 Å². The smallest absolute Gasteiger partial charge is 0.295 e. The average Bonchev–Trinajstić information content (AvgIpc) is 3.06. The molecule has 3 rings (SSSR count). The van der Waals surface area contributed by atoms with Crippen LogP contribution in [0.2, 0.25) is 0 Å². The van der Waals surface area contributed by atoms with E-state index < -0.39 is 29.3 Å². The standard InChI is InChI=1S/C23H24FNO7/c1-29-11-10-25-19(14-6-5-7-17(31-3)22(14)32-4)18(21(27)23(25)28)20(26)15-12-13(24)8-9-16(15)30-2/h5-9,12,19,26H,10-11H2,1-4H3/b20-18+. The number of likely N-dealkylation sites (tertiary alicyclic amines) is 1. The zero-order valence-corrected chi connectivity index (χ0v) is 18.2. The number of halogens is 1. The van der Waals surface area contributed by atoms with E-state index in [0.717, 1.165) is 12.1 Å². The van der Waals surface area contributed by atoms with Gasteiger partial charge in [-0.25, -0.2) is 4.39 Å². The van der Waals surface area contributed by atoms with Crippen LogP contribution in [0.5, 0.6) is 17.2 Å². The van der Waals surface area contributed by atoms with E-state index in [-0.39, 0.29) is 30.0 Å². The number of carbonyl (C=O) groups is 2. The van der Waals surface area contributed by atoms with Crippen molar-refractivity contribution in [1.82, 2.24) is 4.90 Å². The minimum Gasteiger partial charge on any atom is -0.507 e. The summed E-state index contributed by atoms with van der Waals surface area (Å²) in [5.41, 5.74) is 0.143. The SMILES string of the molecule is COCCN1C(=O)C(=O)/C(=C(/O)c2cc(F)ccc2OC)C1c1cccc(OC)c1OC. The molecule has 1 atom stereocenters. The van der Waals surface area contributed by atoms with Crippen molar-refractivity contribution in [3.63, 3.8) is 0 Å². The molecule has 1 aliphatic heterocycles. The third-order valence-electron chi connectivity index (χ3n) is 5.22. The molecule has 0 spiro atoms. The Balaban J connectivity index is 2.31. The summed E-state index contributed by atoms with van der Waals surface area (Å²) in [7, 11) is 5.71. The lowest BCUT2D eigenvalue weighted by Gasteiger charge is -2.27. The largest absolute Gasteiger partial charge is 0.507 e. The summed E-state index contributed by atoms with van der Waals surface area (Å²) in [6, 6.07) is 7.50. The van der Waals surface area contributed by atoms with Crippen molar-refractivity contribution >= 4 is 17.4 Å². The quantitative estimate of drug-likeness (QED) is 0.379. The number of nitrogens with zero attached hydrogens (tertiary/aromatic N) is 1. The van der Waals surface area contributed by atoms with Gasteiger partial charge < -0.3 is 29.0 Å². The molecule has 170 valence electrons. The van der Waals surface area contributed by atoms with E-state index in [1.54, 1.807) is 18.2 Å². The number of aliphatic hydroxyl groups excluding tert-OH is 1. The lowest BCUT2D eigenvalue weighted by atomic mass is 9.94. The zero-order valence-electron chi connectivity index (χ0n) is 18.2. The summed E-state index contributed by atoms with van der Waals surface area (Å²) in [5, 5.41) is 11.1. The summed E-state index contributed by atoms with van der Waals surface area (Å²) >= 11 is 0. The fourth-order valence-electron chi connectivity index (χ4n) is 3.76. The molecule has 0 aromatic heterocycles. The molecule has 1 heterocycles. The average molecular weight is 445 g/mol. The Morgan fingerprint density at radius 2 is 1.75 bits per heavy atom. The molecule has 9 heteroatoms. The summed E-state index contributed by atoms with van der Waals surface area (Å²) in [6.07, 6.45) is 0. The van der Waals surface area contributed by atoms with Gasteiger partial charge in [-0.05, 0) is 24.3 Å². The number of rotatable bonds is 8. The van der Waals surface area contributed by atoms with Crippen LogP contribution in [-0.4, -0.2) is 63.3 Å². The number of carbonyl (C=O) groups excluding carboxylic acids is 2.